The van der Waals surface area contributed by atoms with E-state index in [1.165, 1.54) is 30.5 Å². The molecular formula is C17H12N4O3. The third kappa shape index (κ3) is 3.79. The van der Waals surface area contributed by atoms with Crippen molar-refractivity contribution in [3.05, 3.63) is 70.0 Å². The summed E-state index contributed by atoms with van der Waals surface area (Å²) in [7, 11) is 0. The minimum Gasteiger partial charge on any atom is -0.292 e. The van der Waals surface area contributed by atoms with Crippen LogP contribution in [0.3, 0.4) is 0 Å². The Morgan fingerprint density at radius 1 is 1.17 bits per heavy atom. The van der Waals surface area contributed by atoms with Crippen molar-refractivity contribution in [3.63, 3.8) is 0 Å². The molecule has 0 spiro atoms. The van der Waals surface area contributed by atoms with Crippen LogP contribution in [0.15, 0.2) is 48.7 Å². The van der Waals surface area contributed by atoms with Crippen LogP contribution in [0.2, 0.25) is 0 Å². The number of carbonyl (C=O) groups excluding carboxylic acids is 1. The summed E-state index contributed by atoms with van der Waals surface area (Å²) < 4.78 is 0. The Morgan fingerprint density at radius 2 is 1.83 bits per heavy atom. The zero-order valence-electron chi connectivity index (χ0n) is 12.5. The maximum absolute atomic E-state index is 12.4. The number of aromatic nitrogens is 1. The highest BCUT2D eigenvalue weighted by Crippen LogP contribution is 2.30. The molecule has 2 aromatic rings. The van der Waals surface area contributed by atoms with E-state index in [4.69, 9.17) is 0 Å². The maximum Gasteiger partial charge on any atom is 0.269 e. The van der Waals surface area contributed by atoms with Crippen LogP contribution in [-0.4, -0.2) is 15.7 Å². The number of ketones is 1. The SMILES string of the molecule is N#CC(C#N)[C@H](CC(=O)c1ccccn1)c1ccc([N+](=O)[O-])cc1. The molecule has 1 aromatic carbocycles. The van der Waals surface area contributed by atoms with Crippen LogP contribution in [0.25, 0.3) is 0 Å². The fourth-order valence-electron chi connectivity index (χ4n) is 2.31. The first-order valence-corrected chi connectivity index (χ1v) is 7.04. The van der Waals surface area contributed by atoms with E-state index in [-0.39, 0.29) is 23.6 Å². The number of non-ortho nitro benzene ring substituents is 1. The van der Waals surface area contributed by atoms with Crippen LogP contribution < -0.4 is 0 Å². The van der Waals surface area contributed by atoms with Crippen LogP contribution in [0.1, 0.15) is 28.4 Å². The predicted octanol–water partition coefficient (Wildman–Crippen LogP) is 3.01. The molecular weight excluding hydrogens is 308 g/mol. The summed E-state index contributed by atoms with van der Waals surface area (Å²) >= 11 is 0. The molecule has 0 saturated heterocycles. The number of pyridine rings is 1. The molecule has 118 valence electrons. The average Bonchev–Trinajstić information content (AvgIpc) is 2.62. The number of nitrogens with zero attached hydrogens (tertiary/aromatic N) is 4. The molecule has 0 unspecified atom stereocenters. The van der Waals surface area contributed by atoms with Gasteiger partial charge in [0, 0.05) is 30.7 Å². The zero-order valence-corrected chi connectivity index (χ0v) is 12.5. The van der Waals surface area contributed by atoms with Crippen molar-refractivity contribution in [1.82, 2.24) is 4.98 Å². The fraction of sp³-hybridized carbons (Fsp3) is 0.176. The van der Waals surface area contributed by atoms with Crippen LogP contribution >= 0.6 is 0 Å². The third-order valence-electron chi connectivity index (χ3n) is 3.57. The number of benzene rings is 1. The van der Waals surface area contributed by atoms with Gasteiger partial charge in [-0.25, -0.2) is 0 Å². The Morgan fingerprint density at radius 3 is 2.33 bits per heavy atom. The quantitative estimate of drug-likeness (QED) is 0.458. The first-order chi connectivity index (χ1) is 11.6. The van der Waals surface area contributed by atoms with Crippen molar-refractivity contribution in [3.8, 4) is 12.1 Å². The number of rotatable bonds is 6. The Hall–Kier alpha value is -3.58. The third-order valence-corrected chi connectivity index (χ3v) is 3.57. The molecule has 0 aliphatic heterocycles. The predicted molar refractivity (Wildman–Crippen MR) is 83.7 cm³/mol. The lowest BCUT2D eigenvalue weighted by atomic mass is 9.83. The van der Waals surface area contributed by atoms with Crippen molar-refractivity contribution in [2.75, 3.05) is 0 Å². The molecule has 0 aliphatic carbocycles. The smallest absolute Gasteiger partial charge is 0.269 e. The van der Waals surface area contributed by atoms with Gasteiger partial charge >= 0.3 is 0 Å². The molecule has 0 N–H and O–H groups in total. The molecule has 24 heavy (non-hydrogen) atoms. The average molecular weight is 320 g/mol. The van der Waals surface area contributed by atoms with Gasteiger partial charge in [0.15, 0.2) is 5.78 Å². The number of nitro groups is 1. The number of carbonyl (C=O) groups is 1. The lowest BCUT2D eigenvalue weighted by Gasteiger charge is -2.17. The van der Waals surface area contributed by atoms with Crippen LogP contribution in [-0.2, 0) is 0 Å². The maximum atomic E-state index is 12.4. The highest BCUT2D eigenvalue weighted by Gasteiger charge is 2.27. The van der Waals surface area contributed by atoms with E-state index in [1.54, 1.807) is 18.2 Å². The highest BCUT2D eigenvalue weighted by molar-refractivity contribution is 5.94. The van der Waals surface area contributed by atoms with E-state index >= 15 is 0 Å². The first kappa shape index (κ1) is 16.8. The number of nitro benzene ring substituents is 1. The van der Waals surface area contributed by atoms with Crippen molar-refractivity contribution in [2.24, 2.45) is 5.92 Å². The van der Waals surface area contributed by atoms with E-state index in [2.05, 4.69) is 4.98 Å². The second kappa shape index (κ2) is 7.61. The molecule has 0 radical (unpaired) electrons. The van der Waals surface area contributed by atoms with E-state index < -0.39 is 16.8 Å². The minimum atomic E-state index is -1.04. The molecule has 7 nitrogen and oxygen atoms in total. The van der Waals surface area contributed by atoms with Gasteiger partial charge in [0.2, 0.25) is 0 Å². The van der Waals surface area contributed by atoms with Crippen molar-refractivity contribution in [2.45, 2.75) is 12.3 Å². The van der Waals surface area contributed by atoms with Crippen molar-refractivity contribution in [1.29, 1.82) is 10.5 Å². The molecule has 2 rings (SSSR count). The molecule has 0 saturated carbocycles. The van der Waals surface area contributed by atoms with Gasteiger partial charge in [-0.1, -0.05) is 18.2 Å². The van der Waals surface area contributed by atoms with Gasteiger partial charge in [-0.3, -0.25) is 19.9 Å². The molecule has 1 atom stereocenters. The van der Waals surface area contributed by atoms with Gasteiger partial charge in [-0.05, 0) is 17.7 Å². The van der Waals surface area contributed by atoms with Crippen LogP contribution in [0.5, 0.6) is 0 Å². The summed E-state index contributed by atoms with van der Waals surface area (Å²) in [6, 6.07) is 14.2. The number of hydrogen-bond acceptors (Lipinski definition) is 6. The topological polar surface area (TPSA) is 121 Å². The first-order valence-electron chi connectivity index (χ1n) is 7.04. The highest BCUT2D eigenvalue weighted by atomic mass is 16.6. The van der Waals surface area contributed by atoms with Crippen LogP contribution in [0, 0.1) is 38.7 Å². The Bertz CT molecular complexity index is 806. The summed E-state index contributed by atoms with van der Waals surface area (Å²) in [5.74, 6) is -2.02. The lowest BCUT2D eigenvalue weighted by Crippen LogP contribution is -2.15. The van der Waals surface area contributed by atoms with Gasteiger partial charge < -0.3 is 0 Å². The number of Topliss-reactive ketones (excluding diaryl/α,β-unsaturated/α-hetero) is 1. The molecule has 1 heterocycles. The van der Waals surface area contributed by atoms with Gasteiger partial charge in [-0.2, -0.15) is 10.5 Å². The number of hydrogen-bond donors (Lipinski definition) is 0. The van der Waals surface area contributed by atoms with E-state index in [9.17, 15) is 25.4 Å². The van der Waals surface area contributed by atoms with E-state index in [0.717, 1.165) is 0 Å². The Labute approximate surface area is 137 Å². The van der Waals surface area contributed by atoms with E-state index in [1.807, 2.05) is 12.1 Å². The molecule has 0 bridgehead atoms. The van der Waals surface area contributed by atoms with Gasteiger partial charge in [-0.15, -0.1) is 0 Å². The second-order valence-electron chi connectivity index (χ2n) is 5.03. The standard InChI is InChI=1S/C17H12N4O3/c18-10-13(11-19)15(9-17(22)16-3-1-2-8-20-16)12-4-6-14(7-5-12)21(23)24/h1-8,13,15H,9H2/t15-/m1/s1. The number of nitriles is 2. The summed E-state index contributed by atoms with van der Waals surface area (Å²) in [6.45, 7) is 0. The lowest BCUT2D eigenvalue weighted by molar-refractivity contribution is -0.384. The molecule has 0 aliphatic rings. The zero-order chi connectivity index (χ0) is 17.5. The fourth-order valence-corrected chi connectivity index (χ4v) is 2.31. The largest absolute Gasteiger partial charge is 0.292 e. The van der Waals surface area contributed by atoms with Gasteiger partial charge in [0.1, 0.15) is 11.6 Å². The summed E-state index contributed by atoms with van der Waals surface area (Å²) in [6.07, 6.45) is 1.40. The Balaban J connectivity index is 2.32. The Kier molecular flexibility index (Phi) is 5.32. The summed E-state index contributed by atoms with van der Waals surface area (Å²) in [4.78, 5) is 26.5. The monoisotopic (exact) mass is 320 g/mol. The second-order valence-corrected chi connectivity index (χ2v) is 5.03. The van der Waals surface area contributed by atoms with Crippen molar-refractivity contribution < 1.29 is 9.72 Å². The van der Waals surface area contributed by atoms with Crippen molar-refractivity contribution >= 4 is 11.5 Å². The molecule has 0 fully saturated rings. The van der Waals surface area contributed by atoms with Gasteiger partial charge in [0.05, 0.1) is 17.1 Å². The van der Waals surface area contributed by atoms with E-state index in [0.29, 0.717) is 5.56 Å². The molecule has 1 aromatic heterocycles. The summed E-state index contributed by atoms with van der Waals surface area (Å²) in [5.41, 5.74) is 0.677. The normalized spacial score (nSPS) is 11.3. The molecule has 0 amide bonds. The molecule has 7 heteroatoms. The van der Waals surface area contributed by atoms with Gasteiger partial charge in [0.25, 0.3) is 5.69 Å². The van der Waals surface area contributed by atoms with Crippen LogP contribution in [0.4, 0.5) is 5.69 Å². The minimum absolute atomic E-state index is 0.0827. The summed E-state index contributed by atoms with van der Waals surface area (Å²) in [5, 5.41) is 29.1.